The van der Waals surface area contributed by atoms with Crippen LogP contribution >= 0.6 is 0 Å². The van der Waals surface area contributed by atoms with Gasteiger partial charge in [-0.2, -0.15) is 10.2 Å². The summed E-state index contributed by atoms with van der Waals surface area (Å²) in [5.41, 5.74) is 3.80. The van der Waals surface area contributed by atoms with Crippen LogP contribution < -0.4 is 5.32 Å². The topological polar surface area (TPSA) is 95.6 Å². The number of carbonyl (C=O) groups excluding carboxylic acids is 1. The molecule has 35 heavy (non-hydrogen) atoms. The molecule has 1 aliphatic heterocycles. The van der Waals surface area contributed by atoms with Gasteiger partial charge in [0.05, 0.1) is 43.9 Å². The molecule has 0 aliphatic carbocycles. The molecule has 0 amide bonds. The first-order valence-electron chi connectivity index (χ1n) is 11.1. The molecule has 4 aromatic rings. The molecule has 0 radical (unpaired) electrons. The van der Waals surface area contributed by atoms with E-state index in [9.17, 15) is 9.18 Å². The van der Waals surface area contributed by atoms with Crippen LogP contribution in [-0.2, 0) is 16.0 Å². The zero-order valence-corrected chi connectivity index (χ0v) is 19.2. The first kappa shape index (κ1) is 22.3. The smallest absolute Gasteiger partial charge is 0.341 e. The second-order valence-electron chi connectivity index (χ2n) is 7.82. The number of hydrogen-bond acceptors (Lipinski definition) is 7. The van der Waals surface area contributed by atoms with E-state index in [1.54, 1.807) is 30.1 Å². The molecule has 1 unspecified atom stereocenters. The van der Waals surface area contributed by atoms with Crippen molar-refractivity contribution in [3.63, 3.8) is 0 Å². The van der Waals surface area contributed by atoms with Crippen molar-refractivity contribution in [2.75, 3.05) is 19.0 Å². The van der Waals surface area contributed by atoms with Crippen LogP contribution in [0.5, 0.6) is 0 Å². The number of esters is 1. The quantitative estimate of drug-likeness (QED) is 0.423. The predicted octanol–water partition coefficient (Wildman–Crippen LogP) is 4.09. The highest BCUT2D eigenvalue weighted by Crippen LogP contribution is 2.28. The molecule has 2 aromatic heterocycles. The number of anilines is 1. The SMILES string of the molecule is CCOC(=O)c1cnn(C2N=C(OC)c3c(cnn3Cc3ccc(-c4ccccc4)cc3F)N2)c1. The third kappa shape index (κ3) is 4.37. The molecule has 178 valence electrons. The maximum Gasteiger partial charge on any atom is 0.341 e. The van der Waals surface area contributed by atoms with Crippen LogP contribution in [-0.4, -0.2) is 45.1 Å². The first-order valence-corrected chi connectivity index (χ1v) is 11.1. The van der Waals surface area contributed by atoms with Gasteiger partial charge in [0.15, 0.2) is 0 Å². The predicted molar refractivity (Wildman–Crippen MR) is 128 cm³/mol. The van der Waals surface area contributed by atoms with Crippen LogP contribution in [0.25, 0.3) is 11.1 Å². The fourth-order valence-electron chi connectivity index (χ4n) is 3.89. The lowest BCUT2D eigenvalue weighted by atomic mass is 10.0. The summed E-state index contributed by atoms with van der Waals surface area (Å²) < 4.78 is 28.6. The van der Waals surface area contributed by atoms with Crippen LogP contribution in [0.15, 0.2) is 72.1 Å². The zero-order chi connectivity index (χ0) is 24.4. The van der Waals surface area contributed by atoms with Crippen molar-refractivity contribution in [3.05, 3.63) is 89.8 Å². The summed E-state index contributed by atoms with van der Waals surface area (Å²) in [6.07, 6.45) is 3.94. The maximum absolute atomic E-state index is 15.0. The lowest BCUT2D eigenvalue weighted by Crippen LogP contribution is -2.27. The van der Waals surface area contributed by atoms with E-state index >= 15 is 0 Å². The Labute approximate surface area is 200 Å². The first-order chi connectivity index (χ1) is 17.1. The number of aliphatic imine (C=N–C) groups is 1. The van der Waals surface area contributed by atoms with Crippen LogP contribution in [0.4, 0.5) is 10.1 Å². The number of ether oxygens (including phenoxy) is 2. The number of aromatic nitrogens is 4. The Balaban J connectivity index is 1.39. The third-order valence-corrected chi connectivity index (χ3v) is 5.60. The number of rotatable bonds is 6. The Morgan fingerprint density at radius 2 is 1.94 bits per heavy atom. The van der Waals surface area contributed by atoms with E-state index in [4.69, 9.17) is 9.47 Å². The van der Waals surface area contributed by atoms with E-state index in [1.165, 1.54) is 24.1 Å². The van der Waals surface area contributed by atoms with Gasteiger partial charge in [-0.3, -0.25) is 4.68 Å². The molecule has 0 saturated heterocycles. The van der Waals surface area contributed by atoms with Crippen molar-refractivity contribution in [1.82, 2.24) is 19.6 Å². The second-order valence-corrected chi connectivity index (χ2v) is 7.82. The van der Waals surface area contributed by atoms with Gasteiger partial charge in [0, 0.05) is 11.8 Å². The van der Waals surface area contributed by atoms with Gasteiger partial charge in [-0.1, -0.05) is 42.5 Å². The van der Waals surface area contributed by atoms with E-state index in [-0.39, 0.29) is 19.0 Å². The molecule has 1 N–H and O–H groups in total. The number of hydrogen-bond donors (Lipinski definition) is 1. The van der Waals surface area contributed by atoms with Crippen LogP contribution in [0.2, 0.25) is 0 Å². The fraction of sp³-hybridized carbons (Fsp3) is 0.200. The highest BCUT2D eigenvalue weighted by Gasteiger charge is 2.28. The number of methoxy groups -OCH3 is 1. The number of nitrogens with zero attached hydrogens (tertiary/aromatic N) is 5. The van der Waals surface area contributed by atoms with Gasteiger partial charge in [0.25, 0.3) is 0 Å². The summed E-state index contributed by atoms with van der Waals surface area (Å²) in [4.78, 5) is 16.5. The van der Waals surface area contributed by atoms with Crippen LogP contribution in [0.3, 0.4) is 0 Å². The van der Waals surface area contributed by atoms with Crippen molar-refractivity contribution >= 4 is 17.6 Å². The van der Waals surface area contributed by atoms with E-state index in [2.05, 4.69) is 20.5 Å². The number of fused-ring (bicyclic) bond motifs is 1. The van der Waals surface area contributed by atoms with E-state index in [0.29, 0.717) is 28.4 Å². The average Bonchev–Trinajstić information content (AvgIpc) is 3.53. The van der Waals surface area contributed by atoms with Gasteiger partial charge >= 0.3 is 5.97 Å². The molecular formula is C25H23FN6O3. The lowest BCUT2D eigenvalue weighted by Gasteiger charge is -2.23. The minimum Gasteiger partial charge on any atom is -0.480 e. The maximum atomic E-state index is 15.0. The van der Waals surface area contributed by atoms with Crippen molar-refractivity contribution in [2.24, 2.45) is 4.99 Å². The molecule has 0 fully saturated rings. The normalized spacial score (nSPS) is 14.6. The van der Waals surface area contributed by atoms with Crippen LogP contribution in [0, 0.1) is 5.82 Å². The molecule has 1 aliphatic rings. The fourth-order valence-corrected chi connectivity index (χ4v) is 3.89. The van der Waals surface area contributed by atoms with E-state index < -0.39 is 12.3 Å². The summed E-state index contributed by atoms with van der Waals surface area (Å²) in [7, 11) is 1.50. The number of carbonyl (C=O) groups is 1. The Kier molecular flexibility index (Phi) is 6.01. The van der Waals surface area contributed by atoms with Crippen LogP contribution in [0.1, 0.15) is 34.8 Å². The summed E-state index contributed by atoms with van der Waals surface area (Å²) in [6, 6.07) is 14.8. The third-order valence-electron chi connectivity index (χ3n) is 5.60. The summed E-state index contributed by atoms with van der Waals surface area (Å²) in [5.74, 6) is -0.466. The summed E-state index contributed by atoms with van der Waals surface area (Å²) in [6.45, 7) is 2.21. The van der Waals surface area contributed by atoms with E-state index in [1.807, 2.05) is 36.4 Å². The molecule has 2 aromatic carbocycles. The van der Waals surface area contributed by atoms with Crippen molar-refractivity contribution in [2.45, 2.75) is 19.8 Å². The molecule has 0 spiro atoms. The van der Waals surface area contributed by atoms with E-state index in [0.717, 1.165) is 11.1 Å². The van der Waals surface area contributed by atoms with Gasteiger partial charge in [-0.15, -0.1) is 0 Å². The highest BCUT2D eigenvalue weighted by molar-refractivity contribution is 5.99. The number of nitrogens with one attached hydrogen (secondary N) is 1. The summed E-state index contributed by atoms with van der Waals surface area (Å²) >= 11 is 0. The van der Waals surface area contributed by atoms with Gasteiger partial charge < -0.3 is 14.8 Å². The molecule has 5 rings (SSSR count). The van der Waals surface area contributed by atoms with Gasteiger partial charge in [-0.05, 0) is 24.1 Å². The molecule has 10 heteroatoms. The molecular weight excluding hydrogens is 451 g/mol. The number of halogens is 1. The summed E-state index contributed by atoms with van der Waals surface area (Å²) in [5, 5.41) is 11.9. The standard InChI is InChI=1S/C25H23FN6O3/c1-3-35-24(33)19-12-27-32(15-19)25-29-21-13-28-31(22(21)23(30-25)34-2)14-18-10-9-17(11-20(18)26)16-7-5-4-6-8-16/h4-13,15,25,29H,3,14H2,1-2H3. The Morgan fingerprint density at radius 3 is 2.69 bits per heavy atom. The van der Waals surface area contributed by atoms with Gasteiger partial charge in [0.2, 0.25) is 12.2 Å². The molecule has 0 saturated carbocycles. The minimum atomic E-state index is -0.653. The zero-order valence-electron chi connectivity index (χ0n) is 19.2. The van der Waals surface area contributed by atoms with Gasteiger partial charge in [0.1, 0.15) is 11.5 Å². The van der Waals surface area contributed by atoms with Crippen molar-refractivity contribution in [1.29, 1.82) is 0 Å². The Morgan fingerprint density at radius 1 is 1.11 bits per heavy atom. The molecule has 3 heterocycles. The Bertz CT molecular complexity index is 1400. The Hall–Kier alpha value is -4.47. The second kappa shape index (κ2) is 9.41. The van der Waals surface area contributed by atoms with Crippen molar-refractivity contribution < 1.29 is 18.7 Å². The molecule has 0 bridgehead atoms. The molecule has 9 nitrogen and oxygen atoms in total. The highest BCUT2D eigenvalue weighted by atomic mass is 19.1. The number of benzene rings is 2. The lowest BCUT2D eigenvalue weighted by molar-refractivity contribution is 0.0526. The monoisotopic (exact) mass is 474 g/mol. The largest absolute Gasteiger partial charge is 0.480 e. The average molecular weight is 474 g/mol. The molecule has 1 atom stereocenters. The van der Waals surface area contributed by atoms with Crippen molar-refractivity contribution in [3.8, 4) is 11.1 Å². The minimum absolute atomic E-state index is 0.194. The van der Waals surface area contributed by atoms with Gasteiger partial charge in [-0.25, -0.2) is 18.9 Å².